The van der Waals surface area contributed by atoms with E-state index in [1.54, 1.807) is 0 Å². The lowest BCUT2D eigenvalue weighted by molar-refractivity contribution is 0.166. The molecule has 4 rings (SSSR count). The van der Waals surface area contributed by atoms with E-state index in [1.165, 1.54) is 0 Å². The number of hydrogen-bond donors (Lipinski definition) is 2. The standard InChI is InChI=1S/C27H25NO/c29-26(22-13-5-1-6-14-22)21-28-27(23-15-7-2-8-16-23,24-17-9-3-10-18-24)25-19-11-4-12-20-25/h1-20,26,28-29H,21H2. The van der Waals surface area contributed by atoms with Gasteiger partial charge in [-0.2, -0.15) is 0 Å². The molecule has 0 radical (unpaired) electrons. The molecular weight excluding hydrogens is 354 g/mol. The lowest BCUT2D eigenvalue weighted by Gasteiger charge is -2.38. The summed E-state index contributed by atoms with van der Waals surface area (Å²) in [4.78, 5) is 0. The van der Waals surface area contributed by atoms with Crippen LogP contribution < -0.4 is 5.32 Å². The van der Waals surface area contributed by atoms with Crippen molar-refractivity contribution in [3.8, 4) is 0 Å². The average Bonchev–Trinajstić information content (AvgIpc) is 2.82. The Bertz CT molecular complexity index is 905. The summed E-state index contributed by atoms with van der Waals surface area (Å²) in [5.74, 6) is 0. The Morgan fingerprint density at radius 2 is 0.897 bits per heavy atom. The predicted octanol–water partition coefficient (Wildman–Crippen LogP) is 5.30. The minimum absolute atomic E-state index is 0.419. The highest BCUT2D eigenvalue weighted by Crippen LogP contribution is 2.37. The van der Waals surface area contributed by atoms with Crippen LogP contribution in [0.15, 0.2) is 121 Å². The molecule has 29 heavy (non-hydrogen) atoms. The van der Waals surface area contributed by atoms with Gasteiger partial charge in [-0.05, 0) is 22.3 Å². The third kappa shape index (κ3) is 4.00. The van der Waals surface area contributed by atoms with Gasteiger partial charge in [-0.1, -0.05) is 121 Å². The summed E-state index contributed by atoms with van der Waals surface area (Å²) in [6.45, 7) is 0.419. The van der Waals surface area contributed by atoms with Crippen molar-refractivity contribution in [1.82, 2.24) is 5.32 Å². The number of aliphatic hydroxyl groups excluding tert-OH is 1. The molecule has 144 valence electrons. The molecule has 0 heterocycles. The van der Waals surface area contributed by atoms with E-state index < -0.39 is 11.6 Å². The zero-order valence-electron chi connectivity index (χ0n) is 16.3. The van der Waals surface area contributed by atoms with Crippen molar-refractivity contribution < 1.29 is 5.11 Å². The molecule has 1 atom stereocenters. The topological polar surface area (TPSA) is 32.3 Å². The Morgan fingerprint density at radius 1 is 0.552 bits per heavy atom. The maximum Gasteiger partial charge on any atom is 0.0948 e. The van der Waals surface area contributed by atoms with Crippen LogP contribution in [0.1, 0.15) is 28.4 Å². The summed E-state index contributed by atoms with van der Waals surface area (Å²) in [5, 5.41) is 14.6. The molecule has 0 aromatic heterocycles. The monoisotopic (exact) mass is 379 g/mol. The van der Waals surface area contributed by atoms with Crippen molar-refractivity contribution in [3.05, 3.63) is 144 Å². The van der Waals surface area contributed by atoms with Crippen LogP contribution in [0.5, 0.6) is 0 Å². The Labute approximate surface area is 172 Å². The Morgan fingerprint density at radius 3 is 1.28 bits per heavy atom. The number of benzene rings is 4. The minimum atomic E-state index is -0.605. The van der Waals surface area contributed by atoms with Gasteiger partial charge in [0.25, 0.3) is 0 Å². The molecule has 4 aromatic rings. The molecular formula is C27H25NO. The van der Waals surface area contributed by atoms with Gasteiger partial charge in [0, 0.05) is 6.54 Å². The van der Waals surface area contributed by atoms with Gasteiger partial charge in [0.15, 0.2) is 0 Å². The molecule has 1 unspecified atom stereocenters. The van der Waals surface area contributed by atoms with Gasteiger partial charge < -0.3 is 5.11 Å². The zero-order valence-corrected chi connectivity index (χ0v) is 16.3. The van der Waals surface area contributed by atoms with Crippen LogP contribution in [-0.4, -0.2) is 11.7 Å². The van der Waals surface area contributed by atoms with Crippen LogP contribution in [0.25, 0.3) is 0 Å². The van der Waals surface area contributed by atoms with Gasteiger partial charge in [0.2, 0.25) is 0 Å². The Kier molecular flexibility index (Phi) is 5.85. The van der Waals surface area contributed by atoms with Gasteiger partial charge in [-0.3, -0.25) is 5.32 Å². The van der Waals surface area contributed by atoms with E-state index in [2.05, 4.69) is 78.1 Å². The first-order valence-corrected chi connectivity index (χ1v) is 9.95. The van der Waals surface area contributed by atoms with E-state index in [9.17, 15) is 5.11 Å². The highest BCUT2D eigenvalue weighted by Gasteiger charge is 2.36. The molecule has 2 N–H and O–H groups in total. The van der Waals surface area contributed by atoms with Crippen molar-refractivity contribution in [2.45, 2.75) is 11.6 Å². The molecule has 0 spiro atoms. The fourth-order valence-corrected chi connectivity index (χ4v) is 3.91. The molecule has 0 aliphatic carbocycles. The molecule has 2 heteroatoms. The van der Waals surface area contributed by atoms with E-state index in [1.807, 2.05) is 48.5 Å². The van der Waals surface area contributed by atoms with Crippen LogP contribution in [0.4, 0.5) is 0 Å². The second-order valence-corrected chi connectivity index (χ2v) is 7.16. The fraction of sp³-hybridized carbons (Fsp3) is 0.111. The molecule has 0 fully saturated rings. The maximum atomic E-state index is 10.9. The van der Waals surface area contributed by atoms with Crippen molar-refractivity contribution in [2.75, 3.05) is 6.54 Å². The third-order valence-electron chi connectivity index (χ3n) is 5.37. The van der Waals surface area contributed by atoms with Crippen molar-refractivity contribution in [3.63, 3.8) is 0 Å². The van der Waals surface area contributed by atoms with Crippen LogP contribution in [0.2, 0.25) is 0 Å². The van der Waals surface area contributed by atoms with E-state index in [0.717, 1.165) is 22.3 Å². The summed E-state index contributed by atoms with van der Waals surface area (Å²) < 4.78 is 0. The minimum Gasteiger partial charge on any atom is -0.387 e. The van der Waals surface area contributed by atoms with Crippen molar-refractivity contribution in [2.24, 2.45) is 0 Å². The predicted molar refractivity (Wildman–Crippen MR) is 119 cm³/mol. The van der Waals surface area contributed by atoms with Crippen LogP contribution >= 0.6 is 0 Å². The molecule has 0 saturated heterocycles. The lowest BCUT2D eigenvalue weighted by atomic mass is 9.77. The zero-order chi connectivity index (χ0) is 19.9. The number of aliphatic hydroxyl groups is 1. The maximum absolute atomic E-state index is 10.9. The highest BCUT2D eigenvalue weighted by atomic mass is 16.3. The smallest absolute Gasteiger partial charge is 0.0948 e. The summed E-state index contributed by atoms with van der Waals surface area (Å²) >= 11 is 0. The normalized spacial score (nSPS) is 12.4. The molecule has 0 bridgehead atoms. The summed E-state index contributed by atoms with van der Waals surface area (Å²) in [7, 11) is 0. The Balaban J connectivity index is 1.82. The summed E-state index contributed by atoms with van der Waals surface area (Å²) in [5.41, 5.74) is 3.75. The summed E-state index contributed by atoms with van der Waals surface area (Å²) in [6.07, 6.45) is -0.605. The first-order chi connectivity index (χ1) is 14.3. The van der Waals surface area contributed by atoms with Gasteiger partial charge in [-0.25, -0.2) is 0 Å². The number of nitrogens with one attached hydrogen (secondary N) is 1. The molecule has 0 aliphatic rings. The second kappa shape index (κ2) is 8.87. The van der Waals surface area contributed by atoms with Crippen molar-refractivity contribution >= 4 is 0 Å². The molecule has 0 saturated carbocycles. The number of hydrogen-bond acceptors (Lipinski definition) is 2. The lowest BCUT2D eigenvalue weighted by Crippen LogP contribution is -2.46. The molecule has 0 amide bonds. The molecule has 4 aromatic carbocycles. The van der Waals surface area contributed by atoms with E-state index in [4.69, 9.17) is 0 Å². The quantitative estimate of drug-likeness (QED) is 0.427. The van der Waals surface area contributed by atoms with E-state index >= 15 is 0 Å². The second-order valence-electron chi connectivity index (χ2n) is 7.16. The Hall–Kier alpha value is -3.20. The molecule has 2 nitrogen and oxygen atoms in total. The largest absolute Gasteiger partial charge is 0.387 e. The third-order valence-corrected chi connectivity index (χ3v) is 5.37. The highest BCUT2D eigenvalue weighted by molar-refractivity contribution is 5.49. The average molecular weight is 380 g/mol. The van der Waals surface area contributed by atoms with Crippen molar-refractivity contribution in [1.29, 1.82) is 0 Å². The van der Waals surface area contributed by atoms with E-state index in [0.29, 0.717) is 6.54 Å². The number of rotatable bonds is 7. The summed E-state index contributed by atoms with van der Waals surface area (Å²) in [6, 6.07) is 41.1. The van der Waals surface area contributed by atoms with E-state index in [-0.39, 0.29) is 0 Å². The van der Waals surface area contributed by atoms with Gasteiger partial charge in [0.1, 0.15) is 0 Å². The SMILES string of the molecule is OC(CNC(c1ccccc1)(c1ccccc1)c1ccccc1)c1ccccc1. The first-order valence-electron chi connectivity index (χ1n) is 9.95. The first kappa shape index (κ1) is 19.1. The van der Waals surface area contributed by atoms with Gasteiger partial charge >= 0.3 is 0 Å². The van der Waals surface area contributed by atoms with Gasteiger partial charge in [-0.15, -0.1) is 0 Å². The van der Waals surface area contributed by atoms with Crippen LogP contribution in [-0.2, 0) is 5.54 Å². The molecule has 0 aliphatic heterocycles. The van der Waals surface area contributed by atoms with Crippen LogP contribution in [0, 0.1) is 0 Å². The fourth-order valence-electron chi connectivity index (χ4n) is 3.91. The van der Waals surface area contributed by atoms with Crippen LogP contribution in [0.3, 0.4) is 0 Å². The van der Waals surface area contributed by atoms with Gasteiger partial charge in [0.05, 0.1) is 11.6 Å².